The van der Waals surface area contributed by atoms with Gasteiger partial charge in [-0.1, -0.05) is 146 Å². The summed E-state index contributed by atoms with van der Waals surface area (Å²) in [4.78, 5) is 4.21. The van der Waals surface area contributed by atoms with Gasteiger partial charge in [0, 0.05) is 43.9 Å². The Balaban J connectivity index is 1.14. The standard InChI is InChI=1S/C55H36N2S/c1-4-17-37(18-5-1)56(38-19-6-2-7-20-38)40-31-33-44-42-23-10-13-27-48(42)55(50(44)35-40)49-28-14-11-24-43(49)45-34-32-41(36-51(45)55)57(39-21-8-3-9-22-39)52-29-16-26-47-46-25-12-15-30-53(46)58-54(47)52/h1-36H/i1D,4D,5D,17D,18D. The molecule has 0 amide bonds. The molecule has 1 heterocycles. The van der Waals surface area contributed by atoms with E-state index in [2.05, 4.69) is 157 Å². The summed E-state index contributed by atoms with van der Waals surface area (Å²) in [5.74, 6) is 0. The lowest BCUT2D eigenvalue weighted by Crippen LogP contribution is -2.26. The van der Waals surface area contributed by atoms with Gasteiger partial charge in [0.05, 0.1) is 22.7 Å². The monoisotopic (exact) mass is 761 g/mol. The molecule has 58 heavy (non-hydrogen) atoms. The third-order valence-corrected chi connectivity index (χ3v) is 13.1. The van der Waals surface area contributed by atoms with Gasteiger partial charge >= 0.3 is 0 Å². The number of fused-ring (bicyclic) bond motifs is 13. The van der Waals surface area contributed by atoms with Crippen LogP contribution in [0, 0.1) is 0 Å². The zero-order chi connectivity index (χ0) is 42.6. The summed E-state index contributed by atoms with van der Waals surface area (Å²) in [6, 6.07) is 64.4. The smallest absolute Gasteiger partial charge is 0.0727 e. The molecule has 9 aromatic carbocycles. The number of nitrogens with zero attached hydrogens (tertiary/aromatic N) is 2. The van der Waals surface area contributed by atoms with Gasteiger partial charge in [0.2, 0.25) is 0 Å². The van der Waals surface area contributed by atoms with Gasteiger partial charge in [-0.15, -0.1) is 11.3 Å². The van der Waals surface area contributed by atoms with Crippen LogP contribution < -0.4 is 9.80 Å². The van der Waals surface area contributed by atoms with E-state index < -0.39 is 11.5 Å². The Morgan fingerprint density at radius 3 is 1.55 bits per heavy atom. The number of benzene rings is 9. The summed E-state index contributed by atoms with van der Waals surface area (Å²) >= 11 is 1.82. The topological polar surface area (TPSA) is 6.48 Å². The predicted molar refractivity (Wildman–Crippen MR) is 245 cm³/mol. The van der Waals surface area contributed by atoms with E-state index in [0.29, 0.717) is 11.4 Å². The fourth-order valence-electron chi connectivity index (χ4n) is 9.65. The molecule has 1 aromatic heterocycles. The van der Waals surface area contributed by atoms with Gasteiger partial charge in [0.25, 0.3) is 0 Å². The third-order valence-electron chi connectivity index (χ3n) is 11.9. The minimum atomic E-state index is -0.752. The Morgan fingerprint density at radius 1 is 0.379 bits per heavy atom. The van der Waals surface area contributed by atoms with Crippen molar-refractivity contribution in [1.29, 1.82) is 0 Å². The highest BCUT2D eigenvalue weighted by molar-refractivity contribution is 7.26. The molecule has 1 spiro atoms. The second-order valence-corrected chi connectivity index (χ2v) is 15.9. The molecule has 0 aliphatic heterocycles. The number of hydrogen-bond donors (Lipinski definition) is 0. The van der Waals surface area contributed by atoms with Crippen molar-refractivity contribution in [3.8, 4) is 22.3 Å². The van der Waals surface area contributed by atoms with Crippen LogP contribution >= 0.6 is 11.3 Å². The lowest BCUT2D eigenvalue weighted by atomic mass is 9.70. The lowest BCUT2D eigenvalue weighted by molar-refractivity contribution is 0.793. The number of para-hydroxylation sites is 3. The largest absolute Gasteiger partial charge is 0.310 e. The van der Waals surface area contributed by atoms with Gasteiger partial charge in [-0.2, -0.15) is 0 Å². The molecule has 10 aromatic rings. The Morgan fingerprint density at radius 2 is 0.897 bits per heavy atom. The van der Waals surface area contributed by atoms with Gasteiger partial charge < -0.3 is 9.80 Å². The first-order valence-electron chi connectivity index (χ1n) is 22.0. The SMILES string of the molecule is [2H]c1c([2H])c([2H])c(N(c2ccccc2)c2ccc3c(c2)C2(c4ccccc4-3)c3ccccc3-c3ccc(N(c4ccccc4)c4cccc5c4sc4ccccc45)cc32)c([2H])c1[2H]. The summed E-state index contributed by atoms with van der Waals surface area (Å²) in [5.41, 5.74) is 13.0. The van der Waals surface area contributed by atoms with Crippen molar-refractivity contribution in [3.63, 3.8) is 0 Å². The molecule has 0 saturated carbocycles. The zero-order valence-corrected chi connectivity index (χ0v) is 32.0. The summed E-state index contributed by atoms with van der Waals surface area (Å²) in [5, 5.41) is 2.48. The first-order valence-corrected chi connectivity index (χ1v) is 20.3. The van der Waals surface area contributed by atoms with Crippen LogP contribution in [0.5, 0.6) is 0 Å². The van der Waals surface area contributed by atoms with E-state index >= 15 is 0 Å². The van der Waals surface area contributed by atoms with Crippen LogP contribution in [-0.4, -0.2) is 0 Å². The average molecular weight is 762 g/mol. The number of thiophene rings is 1. The summed E-state index contributed by atoms with van der Waals surface area (Å²) < 4.78 is 46.5. The Bertz CT molecular complexity index is 3450. The second-order valence-electron chi connectivity index (χ2n) is 14.9. The van der Waals surface area contributed by atoms with Crippen LogP contribution in [0.3, 0.4) is 0 Å². The van der Waals surface area contributed by atoms with Crippen molar-refractivity contribution >= 4 is 65.6 Å². The van der Waals surface area contributed by atoms with Crippen molar-refractivity contribution in [2.75, 3.05) is 9.80 Å². The maximum absolute atomic E-state index is 9.15. The molecule has 0 fully saturated rings. The van der Waals surface area contributed by atoms with Gasteiger partial charge in [0.1, 0.15) is 0 Å². The van der Waals surface area contributed by atoms with Gasteiger partial charge in [-0.05, 0) is 117 Å². The van der Waals surface area contributed by atoms with Crippen molar-refractivity contribution in [3.05, 3.63) is 241 Å². The zero-order valence-electron chi connectivity index (χ0n) is 36.2. The summed E-state index contributed by atoms with van der Waals surface area (Å²) in [6.07, 6.45) is 0. The highest BCUT2D eigenvalue weighted by Gasteiger charge is 2.52. The lowest BCUT2D eigenvalue weighted by Gasteiger charge is -2.33. The quantitative estimate of drug-likeness (QED) is 0.166. The Hall–Kier alpha value is -7.20. The average Bonchev–Trinajstić information content (AvgIpc) is 3.96. The predicted octanol–water partition coefficient (Wildman–Crippen LogP) is 15.3. The van der Waals surface area contributed by atoms with Gasteiger partial charge in [0.15, 0.2) is 0 Å². The molecule has 3 heteroatoms. The normalized spacial score (nSPS) is 15.8. The van der Waals surface area contributed by atoms with E-state index in [0.717, 1.165) is 50.4 Å². The summed E-state index contributed by atoms with van der Waals surface area (Å²) in [7, 11) is 0. The van der Waals surface area contributed by atoms with Crippen LogP contribution in [0.1, 0.15) is 29.1 Å². The highest BCUT2D eigenvalue weighted by atomic mass is 32.1. The molecule has 12 rings (SSSR count). The molecular formula is C55H36N2S. The molecule has 272 valence electrons. The van der Waals surface area contributed by atoms with E-state index in [9.17, 15) is 0 Å². The number of anilines is 6. The molecule has 2 aliphatic carbocycles. The minimum absolute atomic E-state index is 0.0973. The van der Waals surface area contributed by atoms with E-state index in [1.165, 1.54) is 31.3 Å². The second kappa shape index (κ2) is 12.9. The first kappa shape index (κ1) is 28.2. The molecule has 2 nitrogen and oxygen atoms in total. The number of rotatable bonds is 6. The van der Waals surface area contributed by atoms with Crippen molar-refractivity contribution in [1.82, 2.24) is 0 Å². The van der Waals surface area contributed by atoms with E-state index in [1.807, 2.05) is 52.6 Å². The van der Waals surface area contributed by atoms with Crippen LogP contribution in [0.4, 0.5) is 34.1 Å². The van der Waals surface area contributed by atoms with E-state index in [4.69, 9.17) is 6.85 Å². The van der Waals surface area contributed by atoms with Crippen LogP contribution in [0.15, 0.2) is 218 Å². The molecule has 0 saturated heterocycles. The van der Waals surface area contributed by atoms with Crippen molar-refractivity contribution < 1.29 is 6.85 Å². The molecule has 0 N–H and O–H groups in total. The fourth-order valence-corrected chi connectivity index (χ4v) is 10.9. The molecule has 0 bridgehead atoms. The molecule has 2 aliphatic rings. The highest BCUT2D eigenvalue weighted by Crippen LogP contribution is 2.64. The van der Waals surface area contributed by atoms with E-state index in [1.54, 1.807) is 0 Å². The van der Waals surface area contributed by atoms with Gasteiger partial charge in [-0.3, -0.25) is 0 Å². The first-order chi connectivity index (χ1) is 30.9. The maximum atomic E-state index is 9.15. The molecular weight excluding hydrogens is 721 g/mol. The van der Waals surface area contributed by atoms with Crippen LogP contribution in [0.25, 0.3) is 42.4 Å². The van der Waals surface area contributed by atoms with Crippen molar-refractivity contribution in [2.45, 2.75) is 5.41 Å². The number of hydrogen-bond acceptors (Lipinski definition) is 3. The molecule has 0 radical (unpaired) electrons. The van der Waals surface area contributed by atoms with E-state index in [-0.39, 0.29) is 29.9 Å². The van der Waals surface area contributed by atoms with Crippen LogP contribution in [-0.2, 0) is 5.41 Å². The van der Waals surface area contributed by atoms with Crippen LogP contribution in [0.2, 0.25) is 0 Å². The fraction of sp³-hybridized carbons (Fsp3) is 0.0182. The summed E-state index contributed by atoms with van der Waals surface area (Å²) in [6.45, 7) is 0. The third kappa shape index (κ3) is 4.71. The Kier molecular flexibility index (Phi) is 6.29. The maximum Gasteiger partial charge on any atom is 0.0727 e. The molecule has 1 unspecified atom stereocenters. The van der Waals surface area contributed by atoms with Gasteiger partial charge in [-0.25, -0.2) is 0 Å². The van der Waals surface area contributed by atoms with Crippen molar-refractivity contribution in [2.24, 2.45) is 0 Å². The Labute approximate surface area is 349 Å². The molecule has 1 atom stereocenters. The minimum Gasteiger partial charge on any atom is -0.310 e.